The standard InChI is InChI=1S/C19H24N2O3S/c1-15-5-3-7-18(13-15)20-9-11-21(12-10-20)25(23,24)19-8-4-6-17(14-19)16(2)22/h3-8,13-14,16,22H,9-12H2,1-2H3. The molecule has 1 heterocycles. The number of aliphatic hydroxyl groups excluding tert-OH is 1. The molecule has 3 rings (SSSR count). The third kappa shape index (κ3) is 3.86. The minimum absolute atomic E-state index is 0.245. The Bertz CT molecular complexity index is 841. The fraction of sp³-hybridized carbons (Fsp3) is 0.368. The van der Waals surface area contributed by atoms with Crippen LogP contribution in [0.4, 0.5) is 5.69 Å². The van der Waals surface area contributed by atoms with E-state index in [2.05, 4.69) is 30.0 Å². The van der Waals surface area contributed by atoms with Crippen LogP contribution in [0, 0.1) is 6.92 Å². The number of anilines is 1. The zero-order chi connectivity index (χ0) is 18.0. The number of benzene rings is 2. The highest BCUT2D eigenvalue weighted by Crippen LogP contribution is 2.23. The third-order valence-corrected chi connectivity index (χ3v) is 6.48. The highest BCUT2D eigenvalue weighted by atomic mass is 32.2. The first kappa shape index (κ1) is 17.9. The van der Waals surface area contributed by atoms with E-state index in [0.717, 1.165) is 5.69 Å². The summed E-state index contributed by atoms with van der Waals surface area (Å²) < 4.78 is 27.3. The predicted molar refractivity (Wildman–Crippen MR) is 99.2 cm³/mol. The predicted octanol–water partition coefficient (Wildman–Crippen LogP) is 2.56. The van der Waals surface area contributed by atoms with Gasteiger partial charge in [0.05, 0.1) is 11.0 Å². The van der Waals surface area contributed by atoms with Crippen molar-refractivity contribution in [3.05, 3.63) is 59.7 Å². The molecule has 1 fully saturated rings. The Hall–Kier alpha value is -1.89. The number of piperazine rings is 1. The Morgan fingerprint density at radius 3 is 2.32 bits per heavy atom. The Kier molecular flexibility index (Phi) is 5.13. The van der Waals surface area contributed by atoms with Crippen molar-refractivity contribution >= 4 is 15.7 Å². The zero-order valence-corrected chi connectivity index (χ0v) is 15.4. The molecule has 1 aliphatic rings. The van der Waals surface area contributed by atoms with Crippen molar-refractivity contribution in [2.24, 2.45) is 0 Å². The van der Waals surface area contributed by atoms with Crippen LogP contribution in [0.1, 0.15) is 24.2 Å². The number of nitrogens with zero attached hydrogens (tertiary/aromatic N) is 2. The van der Waals surface area contributed by atoms with Crippen molar-refractivity contribution in [3.8, 4) is 0 Å². The lowest BCUT2D eigenvalue weighted by Crippen LogP contribution is -2.48. The summed E-state index contributed by atoms with van der Waals surface area (Å²) in [5.41, 5.74) is 2.94. The average molecular weight is 360 g/mol. The number of hydrogen-bond donors (Lipinski definition) is 1. The average Bonchev–Trinajstić information content (AvgIpc) is 2.62. The van der Waals surface area contributed by atoms with Crippen LogP contribution >= 0.6 is 0 Å². The highest BCUT2D eigenvalue weighted by molar-refractivity contribution is 7.89. The van der Waals surface area contributed by atoms with Crippen molar-refractivity contribution < 1.29 is 13.5 Å². The number of aliphatic hydroxyl groups is 1. The molecular formula is C19H24N2O3S. The number of aryl methyl sites for hydroxylation is 1. The fourth-order valence-corrected chi connectivity index (χ4v) is 4.57. The van der Waals surface area contributed by atoms with Crippen molar-refractivity contribution in [2.45, 2.75) is 24.8 Å². The van der Waals surface area contributed by atoms with E-state index in [0.29, 0.717) is 31.7 Å². The van der Waals surface area contributed by atoms with Gasteiger partial charge in [0.2, 0.25) is 10.0 Å². The maximum absolute atomic E-state index is 12.9. The molecular weight excluding hydrogens is 336 g/mol. The monoisotopic (exact) mass is 360 g/mol. The van der Waals surface area contributed by atoms with Crippen molar-refractivity contribution in [1.29, 1.82) is 0 Å². The molecule has 0 radical (unpaired) electrons. The first-order valence-corrected chi connectivity index (χ1v) is 9.92. The summed E-state index contributed by atoms with van der Waals surface area (Å²) in [6.45, 7) is 5.92. The summed E-state index contributed by atoms with van der Waals surface area (Å²) in [4.78, 5) is 2.46. The van der Waals surface area contributed by atoms with E-state index in [9.17, 15) is 13.5 Å². The molecule has 25 heavy (non-hydrogen) atoms. The van der Waals surface area contributed by atoms with Gasteiger partial charge in [-0.15, -0.1) is 0 Å². The van der Waals surface area contributed by atoms with Crippen LogP contribution in [-0.2, 0) is 10.0 Å². The topological polar surface area (TPSA) is 60.9 Å². The molecule has 1 unspecified atom stereocenters. The lowest BCUT2D eigenvalue weighted by Gasteiger charge is -2.35. The van der Waals surface area contributed by atoms with Gasteiger partial charge in [0.25, 0.3) is 0 Å². The fourth-order valence-electron chi connectivity index (χ4n) is 3.10. The van der Waals surface area contributed by atoms with Gasteiger partial charge in [0.1, 0.15) is 0 Å². The second kappa shape index (κ2) is 7.15. The van der Waals surface area contributed by atoms with Gasteiger partial charge in [-0.1, -0.05) is 24.3 Å². The van der Waals surface area contributed by atoms with Crippen LogP contribution in [0.25, 0.3) is 0 Å². The molecule has 0 amide bonds. The van der Waals surface area contributed by atoms with Crippen molar-refractivity contribution in [1.82, 2.24) is 4.31 Å². The lowest BCUT2D eigenvalue weighted by atomic mass is 10.1. The smallest absolute Gasteiger partial charge is 0.243 e. The van der Waals surface area contributed by atoms with Crippen LogP contribution in [0.5, 0.6) is 0 Å². The minimum Gasteiger partial charge on any atom is -0.389 e. The first-order valence-electron chi connectivity index (χ1n) is 8.48. The minimum atomic E-state index is -3.54. The SMILES string of the molecule is Cc1cccc(N2CCN(S(=O)(=O)c3cccc(C(C)O)c3)CC2)c1. The molecule has 2 aromatic carbocycles. The first-order chi connectivity index (χ1) is 11.9. The quantitative estimate of drug-likeness (QED) is 0.910. The summed E-state index contributed by atoms with van der Waals surface area (Å²) in [6.07, 6.45) is -0.687. The van der Waals surface area contributed by atoms with Gasteiger partial charge < -0.3 is 10.0 Å². The molecule has 2 aromatic rings. The maximum Gasteiger partial charge on any atom is 0.243 e. The van der Waals surface area contributed by atoms with Crippen LogP contribution < -0.4 is 4.90 Å². The van der Waals surface area contributed by atoms with E-state index >= 15 is 0 Å². The Balaban J connectivity index is 1.74. The molecule has 0 aliphatic carbocycles. The van der Waals surface area contributed by atoms with Gasteiger partial charge in [-0.3, -0.25) is 0 Å². The zero-order valence-electron chi connectivity index (χ0n) is 14.6. The highest BCUT2D eigenvalue weighted by Gasteiger charge is 2.28. The van der Waals surface area contributed by atoms with Gasteiger partial charge in [0, 0.05) is 31.9 Å². The van der Waals surface area contributed by atoms with Crippen LogP contribution in [0.3, 0.4) is 0 Å². The largest absolute Gasteiger partial charge is 0.389 e. The van der Waals surface area contributed by atoms with Gasteiger partial charge in [-0.05, 0) is 49.2 Å². The van der Waals surface area contributed by atoms with E-state index in [-0.39, 0.29) is 4.90 Å². The third-order valence-electron chi connectivity index (χ3n) is 4.58. The molecule has 0 bridgehead atoms. The summed E-state index contributed by atoms with van der Waals surface area (Å²) in [5.74, 6) is 0. The number of hydrogen-bond acceptors (Lipinski definition) is 4. The second-order valence-electron chi connectivity index (χ2n) is 6.48. The van der Waals surface area contributed by atoms with E-state index in [1.165, 1.54) is 9.87 Å². The van der Waals surface area contributed by atoms with Gasteiger partial charge in [0.15, 0.2) is 0 Å². The van der Waals surface area contributed by atoms with Crippen LogP contribution in [-0.4, -0.2) is 44.0 Å². The normalized spacial score (nSPS) is 17.5. The Labute approximate surface area is 149 Å². The molecule has 0 spiro atoms. The Morgan fingerprint density at radius 2 is 1.68 bits per heavy atom. The van der Waals surface area contributed by atoms with Crippen molar-refractivity contribution in [3.63, 3.8) is 0 Å². The second-order valence-corrected chi connectivity index (χ2v) is 8.42. The molecule has 0 saturated carbocycles. The summed E-state index contributed by atoms with van der Waals surface area (Å²) in [5, 5.41) is 9.69. The molecule has 1 saturated heterocycles. The molecule has 0 aromatic heterocycles. The molecule has 6 heteroatoms. The molecule has 5 nitrogen and oxygen atoms in total. The van der Waals surface area contributed by atoms with E-state index in [1.807, 2.05) is 6.07 Å². The summed E-state index contributed by atoms with van der Waals surface area (Å²) >= 11 is 0. The Morgan fingerprint density at radius 1 is 1.00 bits per heavy atom. The van der Waals surface area contributed by atoms with Crippen molar-refractivity contribution in [2.75, 3.05) is 31.1 Å². The number of sulfonamides is 1. The van der Waals surface area contributed by atoms with E-state index in [1.54, 1.807) is 31.2 Å². The number of rotatable bonds is 4. The van der Waals surface area contributed by atoms with Gasteiger partial charge in [-0.2, -0.15) is 4.31 Å². The maximum atomic E-state index is 12.9. The van der Waals surface area contributed by atoms with Crippen LogP contribution in [0.2, 0.25) is 0 Å². The lowest BCUT2D eigenvalue weighted by molar-refractivity contribution is 0.199. The van der Waals surface area contributed by atoms with Gasteiger partial charge >= 0.3 is 0 Å². The summed E-state index contributed by atoms with van der Waals surface area (Å²) in [7, 11) is -3.54. The van der Waals surface area contributed by atoms with Gasteiger partial charge in [-0.25, -0.2) is 8.42 Å². The molecule has 134 valence electrons. The van der Waals surface area contributed by atoms with E-state index < -0.39 is 16.1 Å². The van der Waals surface area contributed by atoms with Crippen LogP contribution in [0.15, 0.2) is 53.4 Å². The molecule has 1 atom stereocenters. The molecule has 1 N–H and O–H groups in total. The summed E-state index contributed by atoms with van der Waals surface area (Å²) in [6, 6.07) is 14.8. The van der Waals surface area contributed by atoms with E-state index in [4.69, 9.17) is 0 Å². The molecule has 1 aliphatic heterocycles.